The second-order valence-electron chi connectivity index (χ2n) is 3.34. The molecule has 1 N–H and O–H groups in total. The van der Waals surface area contributed by atoms with E-state index in [4.69, 9.17) is 0 Å². The minimum absolute atomic E-state index is 0.0391. The van der Waals surface area contributed by atoms with Crippen molar-refractivity contribution in [2.45, 2.75) is 13.5 Å². The Balaban J connectivity index is 2.55. The van der Waals surface area contributed by atoms with Gasteiger partial charge in [-0.3, -0.25) is 4.79 Å². The van der Waals surface area contributed by atoms with Crippen LogP contribution in [-0.4, -0.2) is 5.91 Å². The lowest BCUT2D eigenvalue weighted by Crippen LogP contribution is -2.21. The van der Waals surface area contributed by atoms with Crippen LogP contribution in [0.5, 0.6) is 0 Å². The van der Waals surface area contributed by atoms with Crippen molar-refractivity contribution in [3.8, 4) is 0 Å². The van der Waals surface area contributed by atoms with Crippen molar-refractivity contribution in [3.05, 3.63) is 59.7 Å². The Morgan fingerprint density at radius 1 is 1.35 bits per heavy atom. The molecule has 1 aromatic carbocycles. The molecule has 0 aliphatic rings. The van der Waals surface area contributed by atoms with Crippen LogP contribution in [0.1, 0.15) is 12.5 Å². The van der Waals surface area contributed by atoms with E-state index in [0.717, 1.165) is 18.2 Å². The summed E-state index contributed by atoms with van der Waals surface area (Å²) in [7, 11) is 0. The Labute approximate surface area is 98.6 Å². The molecular weight excluding hydrogens is 224 g/mol. The SMILES string of the molecule is CC=CC=CC(=O)NCc1cc(F)ccc1F. The highest BCUT2D eigenvalue weighted by Crippen LogP contribution is 2.08. The van der Waals surface area contributed by atoms with Gasteiger partial charge in [-0.2, -0.15) is 0 Å². The average molecular weight is 237 g/mol. The van der Waals surface area contributed by atoms with Gasteiger partial charge in [0.05, 0.1) is 0 Å². The van der Waals surface area contributed by atoms with E-state index in [9.17, 15) is 13.6 Å². The van der Waals surface area contributed by atoms with Crippen molar-refractivity contribution < 1.29 is 13.6 Å². The lowest BCUT2D eigenvalue weighted by Gasteiger charge is -2.04. The van der Waals surface area contributed by atoms with E-state index in [2.05, 4.69) is 5.32 Å². The predicted molar refractivity (Wildman–Crippen MR) is 62.2 cm³/mol. The van der Waals surface area contributed by atoms with Gasteiger partial charge in [0, 0.05) is 18.2 Å². The van der Waals surface area contributed by atoms with Gasteiger partial charge in [0.15, 0.2) is 0 Å². The molecule has 1 rings (SSSR count). The third kappa shape index (κ3) is 4.59. The highest BCUT2D eigenvalue weighted by atomic mass is 19.1. The van der Waals surface area contributed by atoms with Crippen LogP contribution in [0, 0.1) is 11.6 Å². The van der Waals surface area contributed by atoms with Gasteiger partial charge in [-0.1, -0.05) is 18.2 Å². The first-order valence-corrected chi connectivity index (χ1v) is 5.14. The Hall–Kier alpha value is -1.97. The number of hydrogen-bond donors (Lipinski definition) is 1. The van der Waals surface area contributed by atoms with E-state index in [1.807, 2.05) is 6.92 Å². The fourth-order valence-electron chi connectivity index (χ4n) is 1.17. The number of nitrogens with one attached hydrogen (secondary N) is 1. The van der Waals surface area contributed by atoms with Gasteiger partial charge in [-0.05, 0) is 25.1 Å². The smallest absolute Gasteiger partial charge is 0.244 e. The van der Waals surface area contributed by atoms with Crippen molar-refractivity contribution in [1.29, 1.82) is 0 Å². The van der Waals surface area contributed by atoms with Gasteiger partial charge in [0.25, 0.3) is 0 Å². The number of allylic oxidation sites excluding steroid dienone is 3. The third-order valence-corrected chi connectivity index (χ3v) is 2.01. The molecule has 4 heteroatoms. The zero-order valence-corrected chi connectivity index (χ0v) is 9.41. The number of amides is 1. The molecule has 0 spiro atoms. The number of carbonyl (C=O) groups excluding carboxylic acids is 1. The molecule has 17 heavy (non-hydrogen) atoms. The molecule has 0 unspecified atom stereocenters. The summed E-state index contributed by atoms with van der Waals surface area (Å²) < 4.78 is 26.0. The molecule has 2 nitrogen and oxygen atoms in total. The molecule has 0 heterocycles. The molecule has 0 fully saturated rings. The van der Waals surface area contributed by atoms with Gasteiger partial charge in [0.1, 0.15) is 11.6 Å². The van der Waals surface area contributed by atoms with E-state index in [1.165, 1.54) is 6.08 Å². The number of rotatable bonds is 4. The second-order valence-corrected chi connectivity index (χ2v) is 3.34. The minimum Gasteiger partial charge on any atom is -0.348 e. The Kier molecular flexibility index (Phi) is 5.07. The summed E-state index contributed by atoms with van der Waals surface area (Å²) in [6, 6.07) is 3.13. The quantitative estimate of drug-likeness (QED) is 0.633. The maximum Gasteiger partial charge on any atom is 0.244 e. The summed E-state index contributed by atoms with van der Waals surface area (Å²) >= 11 is 0. The number of hydrogen-bond acceptors (Lipinski definition) is 1. The minimum atomic E-state index is -0.538. The fraction of sp³-hybridized carbons (Fsp3) is 0.154. The van der Waals surface area contributed by atoms with Crippen molar-refractivity contribution in [3.63, 3.8) is 0 Å². The number of carbonyl (C=O) groups is 1. The van der Waals surface area contributed by atoms with Gasteiger partial charge >= 0.3 is 0 Å². The molecular formula is C13H13F2NO. The Bertz CT molecular complexity index is 453. The van der Waals surface area contributed by atoms with Crippen molar-refractivity contribution in [2.24, 2.45) is 0 Å². The maximum atomic E-state index is 13.2. The molecule has 0 saturated heterocycles. The van der Waals surface area contributed by atoms with Crippen LogP contribution in [0.2, 0.25) is 0 Å². The number of benzene rings is 1. The molecule has 0 atom stereocenters. The molecule has 1 amide bonds. The van der Waals surface area contributed by atoms with E-state index >= 15 is 0 Å². The third-order valence-electron chi connectivity index (χ3n) is 2.01. The summed E-state index contributed by atoms with van der Waals surface area (Å²) in [6.07, 6.45) is 6.35. The lowest BCUT2D eigenvalue weighted by atomic mass is 10.2. The Morgan fingerprint density at radius 3 is 2.82 bits per heavy atom. The first-order valence-electron chi connectivity index (χ1n) is 5.14. The van der Waals surface area contributed by atoms with Crippen molar-refractivity contribution >= 4 is 5.91 Å². The predicted octanol–water partition coefficient (Wildman–Crippen LogP) is 2.71. The topological polar surface area (TPSA) is 29.1 Å². The number of halogens is 2. The highest BCUT2D eigenvalue weighted by molar-refractivity contribution is 5.87. The van der Waals surface area contributed by atoms with Crippen LogP contribution in [0.4, 0.5) is 8.78 Å². The molecule has 0 aromatic heterocycles. The van der Waals surface area contributed by atoms with Crippen molar-refractivity contribution in [1.82, 2.24) is 5.32 Å². The fourth-order valence-corrected chi connectivity index (χ4v) is 1.17. The molecule has 0 radical (unpaired) electrons. The molecule has 0 aliphatic heterocycles. The normalized spacial score (nSPS) is 11.2. The van der Waals surface area contributed by atoms with Crippen LogP contribution in [0.3, 0.4) is 0 Å². The van der Waals surface area contributed by atoms with Crippen LogP contribution >= 0.6 is 0 Å². The van der Waals surface area contributed by atoms with Crippen LogP contribution in [0.15, 0.2) is 42.5 Å². The van der Waals surface area contributed by atoms with Crippen LogP contribution < -0.4 is 5.32 Å². The molecule has 0 bridgehead atoms. The molecule has 0 aliphatic carbocycles. The summed E-state index contributed by atoms with van der Waals surface area (Å²) in [4.78, 5) is 11.2. The molecule has 1 aromatic rings. The summed E-state index contributed by atoms with van der Waals surface area (Å²) in [5, 5.41) is 2.46. The maximum absolute atomic E-state index is 13.2. The first kappa shape index (κ1) is 13.1. The van der Waals surface area contributed by atoms with E-state index in [1.54, 1.807) is 18.2 Å². The van der Waals surface area contributed by atoms with Gasteiger partial charge in [0.2, 0.25) is 5.91 Å². The summed E-state index contributed by atoms with van der Waals surface area (Å²) in [5.41, 5.74) is 0.123. The zero-order chi connectivity index (χ0) is 12.7. The van der Waals surface area contributed by atoms with E-state index in [0.29, 0.717) is 0 Å². The van der Waals surface area contributed by atoms with Gasteiger partial charge in [-0.25, -0.2) is 8.78 Å². The van der Waals surface area contributed by atoms with Gasteiger partial charge in [-0.15, -0.1) is 0 Å². The van der Waals surface area contributed by atoms with Gasteiger partial charge < -0.3 is 5.32 Å². The lowest BCUT2D eigenvalue weighted by molar-refractivity contribution is -0.116. The zero-order valence-electron chi connectivity index (χ0n) is 9.41. The summed E-state index contributed by atoms with van der Waals surface area (Å²) in [6.45, 7) is 1.78. The van der Waals surface area contributed by atoms with E-state index in [-0.39, 0.29) is 18.0 Å². The Morgan fingerprint density at radius 2 is 2.12 bits per heavy atom. The van der Waals surface area contributed by atoms with Crippen LogP contribution in [0.25, 0.3) is 0 Å². The monoisotopic (exact) mass is 237 g/mol. The second kappa shape index (κ2) is 6.58. The van der Waals surface area contributed by atoms with Crippen molar-refractivity contribution in [2.75, 3.05) is 0 Å². The molecule has 90 valence electrons. The van der Waals surface area contributed by atoms with Crippen LogP contribution in [-0.2, 0) is 11.3 Å². The average Bonchev–Trinajstić information content (AvgIpc) is 2.31. The van der Waals surface area contributed by atoms with E-state index < -0.39 is 11.6 Å². The molecule has 0 saturated carbocycles. The standard InChI is InChI=1S/C13H13F2NO/c1-2-3-4-5-13(17)16-9-10-8-11(14)6-7-12(10)15/h2-8H,9H2,1H3,(H,16,17). The summed E-state index contributed by atoms with van der Waals surface area (Å²) in [5.74, 6) is -1.42. The highest BCUT2D eigenvalue weighted by Gasteiger charge is 2.04. The first-order chi connectivity index (χ1) is 8.13. The largest absolute Gasteiger partial charge is 0.348 e.